The van der Waals surface area contributed by atoms with Crippen LogP contribution in [0.3, 0.4) is 0 Å². The Kier molecular flexibility index (Phi) is 2.27. The number of Topliss-reactive ketones (excluding diaryl/α,β-unsaturated/α-hetero) is 1. The van der Waals surface area contributed by atoms with Crippen LogP contribution < -0.4 is 5.73 Å². The van der Waals surface area contributed by atoms with Gasteiger partial charge >= 0.3 is 0 Å². The van der Waals surface area contributed by atoms with Gasteiger partial charge in [0.2, 0.25) is 0 Å². The average molecular weight is 287 g/mol. The number of halogens is 1. The summed E-state index contributed by atoms with van der Waals surface area (Å²) in [5, 5.41) is 0. The molecule has 13 heavy (non-hydrogen) atoms. The molecule has 2 rings (SSSR count). The van der Waals surface area contributed by atoms with Gasteiger partial charge in [0.25, 0.3) is 0 Å². The second kappa shape index (κ2) is 3.29. The quantitative estimate of drug-likeness (QED) is 0.588. The number of fused-ring (bicyclic) bond motifs is 1. The Morgan fingerprint density at radius 3 is 2.85 bits per heavy atom. The first kappa shape index (κ1) is 8.99. The molecule has 0 spiro atoms. The van der Waals surface area contributed by atoms with Gasteiger partial charge < -0.3 is 5.73 Å². The lowest BCUT2D eigenvalue weighted by Crippen LogP contribution is -2.11. The van der Waals surface area contributed by atoms with E-state index < -0.39 is 0 Å². The zero-order chi connectivity index (χ0) is 9.42. The van der Waals surface area contributed by atoms with E-state index in [9.17, 15) is 4.79 Å². The summed E-state index contributed by atoms with van der Waals surface area (Å²) in [4.78, 5) is 11.5. The van der Waals surface area contributed by atoms with Crippen LogP contribution in [0.2, 0.25) is 0 Å². The van der Waals surface area contributed by atoms with Crippen molar-refractivity contribution in [2.24, 2.45) is 0 Å². The van der Waals surface area contributed by atoms with Crippen LogP contribution in [-0.4, -0.2) is 5.78 Å². The first-order valence-corrected chi connectivity index (χ1v) is 5.37. The standard InChI is InChI=1S/C10H10INO/c11-8-5-7-6(4-9(8)12)2-1-3-10(7)13/h4-5H,1-3,12H2. The summed E-state index contributed by atoms with van der Waals surface area (Å²) in [5.74, 6) is 0.263. The van der Waals surface area contributed by atoms with E-state index in [2.05, 4.69) is 22.6 Å². The van der Waals surface area contributed by atoms with Crippen molar-refractivity contribution in [2.75, 3.05) is 5.73 Å². The molecule has 0 amide bonds. The van der Waals surface area contributed by atoms with Gasteiger partial charge in [-0.3, -0.25) is 4.79 Å². The summed E-state index contributed by atoms with van der Waals surface area (Å²) in [6.07, 6.45) is 2.64. The molecule has 0 atom stereocenters. The molecular weight excluding hydrogens is 277 g/mol. The molecule has 2 N–H and O–H groups in total. The van der Waals surface area contributed by atoms with Crippen molar-refractivity contribution in [2.45, 2.75) is 19.3 Å². The first-order chi connectivity index (χ1) is 6.18. The van der Waals surface area contributed by atoms with Gasteiger partial charge in [0.15, 0.2) is 5.78 Å². The minimum absolute atomic E-state index is 0.263. The monoisotopic (exact) mass is 287 g/mol. The van der Waals surface area contributed by atoms with Crippen LogP contribution in [0.1, 0.15) is 28.8 Å². The molecule has 0 fully saturated rings. The number of anilines is 1. The Balaban J connectivity index is 2.58. The number of hydrogen-bond donors (Lipinski definition) is 1. The number of aryl methyl sites for hydroxylation is 1. The van der Waals surface area contributed by atoms with Gasteiger partial charge in [-0.1, -0.05) is 0 Å². The van der Waals surface area contributed by atoms with E-state index in [1.807, 2.05) is 12.1 Å². The SMILES string of the molecule is Nc1cc2c(cc1I)C(=O)CCC2. The molecular formula is C10H10INO. The highest BCUT2D eigenvalue weighted by Crippen LogP contribution is 2.26. The van der Waals surface area contributed by atoms with Crippen molar-refractivity contribution >= 4 is 34.1 Å². The molecule has 1 aromatic rings. The molecule has 3 heteroatoms. The fourth-order valence-corrected chi connectivity index (χ4v) is 2.14. The van der Waals surface area contributed by atoms with Crippen LogP contribution in [0.4, 0.5) is 5.69 Å². The fraction of sp³-hybridized carbons (Fsp3) is 0.300. The number of ketones is 1. The number of nitrogens with two attached hydrogens (primary N) is 1. The van der Waals surface area contributed by atoms with Crippen LogP contribution in [0.25, 0.3) is 0 Å². The maximum Gasteiger partial charge on any atom is 0.163 e. The highest BCUT2D eigenvalue weighted by Gasteiger charge is 2.17. The van der Waals surface area contributed by atoms with E-state index in [0.29, 0.717) is 6.42 Å². The number of benzene rings is 1. The zero-order valence-electron chi connectivity index (χ0n) is 7.14. The normalized spacial score (nSPS) is 15.6. The van der Waals surface area contributed by atoms with Crippen LogP contribution in [0, 0.1) is 3.57 Å². The van der Waals surface area contributed by atoms with Gasteiger partial charge in [0.05, 0.1) is 0 Å². The Hall–Kier alpha value is -0.580. The zero-order valence-corrected chi connectivity index (χ0v) is 9.30. The number of rotatable bonds is 0. The third-order valence-corrected chi connectivity index (χ3v) is 3.31. The van der Waals surface area contributed by atoms with Crippen molar-refractivity contribution in [1.29, 1.82) is 0 Å². The van der Waals surface area contributed by atoms with E-state index in [1.54, 1.807) is 0 Å². The molecule has 0 aromatic heterocycles. The predicted molar refractivity (Wildman–Crippen MR) is 60.8 cm³/mol. The third-order valence-electron chi connectivity index (χ3n) is 2.37. The summed E-state index contributed by atoms with van der Waals surface area (Å²) in [6, 6.07) is 3.85. The van der Waals surface area contributed by atoms with Crippen LogP contribution >= 0.6 is 22.6 Å². The second-order valence-electron chi connectivity index (χ2n) is 3.31. The molecule has 1 aliphatic rings. The molecule has 68 valence electrons. The first-order valence-electron chi connectivity index (χ1n) is 4.29. The fourth-order valence-electron chi connectivity index (χ4n) is 1.68. The highest BCUT2D eigenvalue weighted by molar-refractivity contribution is 14.1. The van der Waals surface area contributed by atoms with Gasteiger partial charge in [-0.2, -0.15) is 0 Å². The van der Waals surface area contributed by atoms with Gasteiger partial charge in [0.1, 0.15) is 0 Å². The van der Waals surface area contributed by atoms with Gasteiger partial charge in [-0.05, 0) is 53.1 Å². The smallest absolute Gasteiger partial charge is 0.163 e. The van der Waals surface area contributed by atoms with E-state index in [0.717, 1.165) is 33.2 Å². The average Bonchev–Trinajstić information content (AvgIpc) is 2.09. The molecule has 1 aromatic carbocycles. The number of nitrogen functional groups attached to an aromatic ring is 1. The lowest BCUT2D eigenvalue weighted by molar-refractivity contribution is 0.0972. The lowest BCUT2D eigenvalue weighted by atomic mass is 9.90. The maximum atomic E-state index is 11.5. The number of hydrogen-bond acceptors (Lipinski definition) is 2. The summed E-state index contributed by atoms with van der Waals surface area (Å²) in [7, 11) is 0. The summed E-state index contributed by atoms with van der Waals surface area (Å²) in [6.45, 7) is 0. The molecule has 0 radical (unpaired) electrons. The second-order valence-corrected chi connectivity index (χ2v) is 4.47. The van der Waals surface area contributed by atoms with Crippen molar-refractivity contribution in [3.05, 3.63) is 26.8 Å². The minimum atomic E-state index is 0.263. The van der Waals surface area contributed by atoms with Crippen LogP contribution in [0.5, 0.6) is 0 Å². The molecule has 1 aliphatic carbocycles. The van der Waals surface area contributed by atoms with E-state index in [4.69, 9.17) is 5.73 Å². The Morgan fingerprint density at radius 1 is 1.31 bits per heavy atom. The minimum Gasteiger partial charge on any atom is -0.398 e. The Labute approximate surface area is 90.6 Å². The molecule has 0 saturated carbocycles. The van der Waals surface area contributed by atoms with E-state index >= 15 is 0 Å². The Bertz CT molecular complexity index is 373. The predicted octanol–water partition coefficient (Wildman–Crippen LogP) is 2.39. The molecule has 0 saturated heterocycles. The van der Waals surface area contributed by atoms with Crippen molar-refractivity contribution in [1.82, 2.24) is 0 Å². The van der Waals surface area contributed by atoms with E-state index in [-0.39, 0.29) is 5.78 Å². The molecule has 0 heterocycles. The largest absolute Gasteiger partial charge is 0.398 e. The van der Waals surface area contributed by atoms with Crippen molar-refractivity contribution in [3.8, 4) is 0 Å². The highest BCUT2D eigenvalue weighted by atomic mass is 127. The number of carbonyl (C=O) groups is 1. The van der Waals surface area contributed by atoms with Crippen LogP contribution in [0.15, 0.2) is 12.1 Å². The maximum absolute atomic E-state index is 11.5. The van der Waals surface area contributed by atoms with E-state index in [1.165, 1.54) is 0 Å². The number of carbonyl (C=O) groups excluding carboxylic acids is 1. The van der Waals surface area contributed by atoms with Crippen molar-refractivity contribution in [3.63, 3.8) is 0 Å². The Morgan fingerprint density at radius 2 is 2.08 bits per heavy atom. The van der Waals surface area contributed by atoms with Gasteiger partial charge in [-0.25, -0.2) is 0 Å². The molecule has 2 nitrogen and oxygen atoms in total. The van der Waals surface area contributed by atoms with Crippen LogP contribution in [-0.2, 0) is 6.42 Å². The topological polar surface area (TPSA) is 43.1 Å². The molecule has 0 aliphatic heterocycles. The summed E-state index contributed by atoms with van der Waals surface area (Å²) < 4.78 is 0.978. The van der Waals surface area contributed by atoms with Crippen molar-refractivity contribution < 1.29 is 4.79 Å². The molecule has 0 unspecified atom stereocenters. The third kappa shape index (κ3) is 1.57. The van der Waals surface area contributed by atoms with Gasteiger partial charge in [0, 0.05) is 21.2 Å². The lowest BCUT2D eigenvalue weighted by Gasteiger charge is -2.15. The van der Waals surface area contributed by atoms with Gasteiger partial charge in [-0.15, -0.1) is 0 Å². The summed E-state index contributed by atoms with van der Waals surface area (Å²) in [5.41, 5.74) is 8.56. The molecule has 0 bridgehead atoms. The summed E-state index contributed by atoms with van der Waals surface area (Å²) >= 11 is 2.16.